The summed E-state index contributed by atoms with van der Waals surface area (Å²) in [5, 5.41) is 0. The van der Waals surface area contributed by atoms with E-state index in [0.29, 0.717) is 5.56 Å². The Hall–Kier alpha value is -3.05. The molecule has 0 radical (unpaired) electrons. The van der Waals surface area contributed by atoms with Gasteiger partial charge in [0.05, 0.1) is 12.7 Å². The minimum absolute atomic E-state index is 0.0334. The molecule has 0 aromatic heterocycles. The average molecular weight is 413 g/mol. The molecule has 2 aromatic carbocycles. The van der Waals surface area contributed by atoms with Gasteiger partial charge >= 0.3 is 5.97 Å². The monoisotopic (exact) mass is 412 g/mol. The molecular weight excluding hydrogens is 380 g/mol. The van der Waals surface area contributed by atoms with Crippen molar-refractivity contribution in [2.45, 2.75) is 53.4 Å². The molecule has 1 aliphatic rings. The highest BCUT2D eigenvalue weighted by molar-refractivity contribution is 5.90. The lowest BCUT2D eigenvalue weighted by atomic mass is 9.70. The van der Waals surface area contributed by atoms with Crippen LogP contribution in [0.3, 0.4) is 0 Å². The van der Waals surface area contributed by atoms with Crippen molar-refractivity contribution in [3.05, 3.63) is 75.9 Å². The smallest absolute Gasteiger partial charge is 0.337 e. The van der Waals surface area contributed by atoms with Gasteiger partial charge < -0.3 is 4.74 Å². The van der Waals surface area contributed by atoms with E-state index in [1.54, 1.807) is 12.1 Å². The predicted octanol–water partition coefficient (Wildman–Crippen LogP) is 7.15. The molecule has 2 nitrogen and oxygen atoms in total. The van der Waals surface area contributed by atoms with Gasteiger partial charge in [0.2, 0.25) is 0 Å². The van der Waals surface area contributed by atoms with Crippen molar-refractivity contribution < 1.29 is 9.53 Å². The van der Waals surface area contributed by atoms with Crippen LogP contribution in [-0.2, 0) is 10.2 Å². The first-order chi connectivity index (χ1) is 14.5. The number of hydrogen-bond donors (Lipinski definition) is 0. The van der Waals surface area contributed by atoms with Crippen molar-refractivity contribution >= 4 is 23.7 Å². The molecule has 160 valence electrons. The Morgan fingerprint density at radius 3 is 2.26 bits per heavy atom. The largest absolute Gasteiger partial charge is 0.465 e. The highest BCUT2D eigenvalue weighted by Gasteiger charge is 2.30. The quantitative estimate of drug-likeness (QED) is 0.304. The van der Waals surface area contributed by atoms with Crippen molar-refractivity contribution in [2.24, 2.45) is 5.41 Å². The number of methoxy groups -OCH3 is 1. The molecule has 2 heteroatoms. The van der Waals surface area contributed by atoms with Crippen LogP contribution in [0, 0.1) is 17.3 Å². The number of carbonyl (C=O) groups is 1. The van der Waals surface area contributed by atoms with Crippen LogP contribution < -0.4 is 0 Å². The summed E-state index contributed by atoms with van der Waals surface area (Å²) in [7, 11) is 1.39. The molecule has 1 aliphatic carbocycles. The van der Waals surface area contributed by atoms with Gasteiger partial charge in [-0.1, -0.05) is 67.7 Å². The van der Waals surface area contributed by atoms with Gasteiger partial charge in [0.1, 0.15) is 0 Å². The third-order valence-corrected chi connectivity index (χ3v) is 5.54. The van der Waals surface area contributed by atoms with E-state index >= 15 is 0 Å². The van der Waals surface area contributed by atoms with Gasteiger partial charge in [-0.15, -0.1) is 0 Å². The van der Waals surface area contributed by atoms with E-state index < -0.39 is 0 Å². The molecule has 0 heterocycles. The fourth-order valence-corrected chi connectivity index (χ4v) is 4.00. The number of esters is 1. The Morgan fingerprint density at radius 1 is 1.03 bits per heavy atom. The first kappa shape index (κ1) is 22.6. The number of hydrogen-bond acceptors (Lipinski definition) is 2. The van der Waals surface area contributed by atoms with Gasteiger partial charge in [0.15, 0.2) is 0 Å². The highest BCUT2D eigenvalue weighted by Crippen LogP contribution is 2.42. The van der Waals surface area contributed by atoms with Crippen LogP contribution in [-0.4, -0.2) is 13.1 Å². The van der Waals surface area contributed by atoms with E-state index in [0.717, 1.165) is 17.5 Å². The topological polar surface area (TPSA) is 26.3 Å². The lowest BCUT2D eigenvalue weighted by molar-refractivity contribution is 0.0600. The highest BCUT2D eigenvalue weighted by atomic mass is 16.5. The third kappa shape index (κ3) is 5.36. The van der Waals surface area contributed by atoms with Crippen molar-refractivity contribution in [3.63, 3.8) is 0 Å². The molecule has 0 saturated carbocycles. The summed E-state index contributed by atoms with van der Waals surface area (Å²) in [6.45, 7) is 13.3. The summed E-state index contributed by atoms with van der Waals surface area (Å²) in [6.07, 6.45) is 5.20. The molecular formula is C29H32O2. The van der Waals surface area contributed by atoms with Crippen molar-refractivity contribution in [1.82, 2.24) is 0 Å². The minimum Gasteiger partial charge on any atom is -0.465 e. The van der Waals surface area contributed by atoms with E-state index in [4.69, 9.17) is 4.74 Å². The Morgan fingerprint density at radius 2 is 1.65 bits per heavy atom. The molecule has 0 bridgehead atoms. The molecule has 0 fully saturated rings. The Balaban J connectivity index is 1.97. The van der Waals surface area contributed by atoms with Crippen LogP contribution in [0.15, 0.2) is 48.0 Å². The second kappa shape index (κ2) is 8.60. The molecule has 0 atom stereocenters. The molecule has 0 spiro atoms. The first-order valence-electron chi connectivity index (χ1n) is 10.7. The lowest BCUT2D eigenvalue weighted by Crippen LogP contribution is -2.23. The standard InChI is InChI=1S/C29H32O2/c1-20-19-29(5,6)26-15-12-22(18-25(26)24(20)16-17-28(2,3)4)9-8-21-10-13-23(14-11-21)27(30)31-7/h8-15,18H,19H2,1-7H3/b9-8+. The number of fused-ring (bicyclic) bond motifs is 1. The maximum Gasteiger partial charge on any atom is 0.337 e. The van der Waals surface area contributed by atoms with Gasteiger partial charge in [-0.25, -0.2) is 4.79 Å². The van der Waals surface area contributed by atoms with Crippen molar-refractivity contribution in [2.75, 3.05) is 7.11 Å². The molecule has 0 unspecified atom stereocenters. The Bertz CT molecular complexity index is 1110. The number of ether oxygens (including phenoxy) is 1. The van der Waals surface area contributed by atoms with Crippen LogP contribution in [0.25, 0.3) is 17.7 Å². The summed E-state index contributed by atoms with van der Waals surface area (Å²) in [6, 6.07) is 14.1. The second-order valence-corrected chi connectivity index (χ2v) is 9.97. The van der Waals surface area contributed by atoms with Crippen LogP contribution in [0.1, 0.15) is 80.6 Å². The van der Waals surface area contributed by atoms with E-state index in [9.17, 15) is 4.79 Å². The predicted molar refractivity (Wildman–Crippen MR) is 131 cm³/mol. The van der Waals surface area contributed by atoms with Gasteiger partial charge in [-0.3, -0.25) is 0 Å². The van der Waals surface area contributed by atoms with E-state index in [1.807, 2.05) is 12.1 Å². The van der Waals surface area contributed by atoms with Gasteiger partial charge in [-0.05, 0) is 80.0 Å². The maximum absolute atomic E-state index is 11.6. The molecule has 0 N–H and O–H groups in total. The fourth-order valence-electron chi connectivity index (χ4n) is 4.00. The normalized spacial score (nSPS) is 15.3. The van der Waals surface area contributed by atoms with E-state index in [-0.39, 0.29) is 16.8 Å². The summed E-state index contributed by atoms with van der Waals surface area (Å²) < 4.78 is 4.76. The number of benzene rings is 2. The summed E-state index contributed by atoms with van der Waals surface area (Å²) in [5.41, 5.74) is 7.91. The van der Waals surface area contributed by atoms with Gasteiger partial charge in [0.25, 0.3) is 0 Å². The molecule has 0 aliphatic heterocycles. The summed E-state index contributed by atoms with van der Waals surface area (Å²) >= 11 is 0. The van der Waals surface area contributed by atoms with Crippen molar-refractivity contribution in [3.8, 4) is 11.8 Å². The SMILES string of the molecule is COC(=O)c1ccc(/C=C/c2ccc3c(c2)C(C#CC(C)(C)C)=C(C)CC3(C)C)cc1. The molecule has 0 amide bonds. The van der Waals surface area contributed by atoms with Gasteiger partial charge in [0, 0.05) is 11.0 Å². The van der Waals surface area contributed by atoms with Gasteiger partial charge in [-0.2, -0.15) is 0 Å². The Kier molecular flexibility index (Phi) is 6.27. The number of rotatable bonds is 3. The summed E-state index contributed by atoms with van der Waals surface area (Å²) in [4.78, 5) is 11.6. The maximum atomic E-state index is 11.6. The molecule has 2 aromatic rings. The zero-order valence-electron chi connectivity index (χ0n) is 19.7. The average Bonchev–Trinajstić information content (AvgIpc) is 2.70. The van der Waals surface area contributed by atoms with Crippen LogP contribution in [0.4, 0.5) is 0 Å². The third-order valence-electron chi connectivity index (χ3n) is 5.54. The van der Waals surface area contributed by atoms with Crippen molar-refractivity contribution in [1.29, 1.82) is 0 Å². The van der Waals surface area contributed by atoms with Crippen LogP contribution >= 0.6 is 0 Å². The second-order valence-electron chi connectivity index (χ2n) is 9.97. The molecule has 3 rings (SSSR count). The first-order valence-corrected chi connectivity index (χ1v) is 10.7. The van der Waals surface area contributed by atoms with Crippen LogP contribution in [0.5, 0.6) is 0 Å². The van der Waals surface area contributed by atoms with E-state index in [1.165, 1.54) is 29.4 Å². The minimum atomic E-state index is -0.320. The summed E-state index contributed by atoms with van der Waals surface area (Å²) in [5.74, 6) is 6.59. The van der Waals surface area contributed by atoms with E-state index in [2.05, 4.69) is 83.7 Å². The lowest BCUT2D eigenvalue weighted by Gasteiger charge is -2.34. The zero-order chi connectivity index (χ0) is 22.8. The molecule has 31 heavy (non-hydrogen) atoms. The zero-order valence-corrected chi connectivity index (χ0v) is 19.7. The Labute approximate surface area is 187 Å². The molecule has 0 saturated heterocycles. The fraction of sp³-hybridized carbons (Fsp3) is 0.345. The number of carbonyl (C=O) groups excluding carboxylic acids is 1. The number of allylic oxidation sites excluding steroid dienone is 2. The van der Waals surface area contributed by atoms with Crippen LogP contribution in [0.2, 0.25) is 0 Å².